The number of hydrogen-bond donors (Lipinski definition) is 0. The number of hydrogen-bond acceptors (Lipinski definition) is 8. The van der Waals surface area contributed by atoms with Crippen LogP contribution in [-0.2, 0) is 27.2 Å². The van der Waals surface area contributed by atoms with Gasteiger partial charge in [-0.25, -0.2) is 0 Å². The van der Waals surface area contributed by atoms with Crippen LogP contribution in [-0.4, -0.2) is 38.6 Å². The SMILES string of the molecule is CCOP(=O)(OCC)c1cccc(O[C@@H](C)[C@H](C)Oc2cccc(P(=O)(OCC)OCC)c2)c1. The minimum atomic E-state index is -3.42. The molecule has 0 fully saturated rings. The first-order valence-electron chi connectivity index (χ1n) is 11.5. The van der Waals surface area contributed by atoms with Crippen molar-refractivity contribution in [3.8, 4) is 11.5 Å². The van der Waals surface area contributed by atoms with Gasteiger partial charge in [0.25, 0.3) is 0 Å². The van der Waals surface area contributed by atoms with Crippen LogP contribution in [0.2, 0.25) is 0 Å². The molecule has 0 saturated carbocycles. The van der Waals surface area contributed by atoms with Gasteiger partial charge >= 0.3 is 15.2 Å². The summed E-state index contributed by atoms with van der Waals surface area (Å²) in [4.78, 5) is 0. The second kappa shape index (κ2) is 13.4. The van der Waals surface area contributed by atoms with E-state index < -0.39 is 15.2 Å². The van der Waals surface area contributed by atoms with Crippen molar-refractivity contribution in [1.82, 2.24) is 0 Å². The van der Waals surface area contributed by atoms with Gasteiger partial charge in [-0.2, -0.15) is 0 Å². The van der Waals surface area contributed by atoms with Crippen LogP contribution in [0.5, 0.6) is 11.5 Å². The quantitative estimate of drug-likeness (QED) is 0.280. The molecule has 2 rings (SSSR count). The minimum Gasteiger partial charge on any atom is -0.487 e. The Bertz CT molecular complexity index is 897. The molecule has 0 spiro atoms. The van der Waals surface area contributed by atoms with E-state index in [1.807, 2.05) is 13.8 Å². The zero-order valence-corrected chi connectivity index (χ0v) is 22.6. The summed E-state index contributed by atoms with van der Waals surface area (Å²) in [6.07, 6.45) is -0.717. The maximum Gasteiger partial charge on any atom is 0.361 e. The van der Waals surface area contributed by atoms with Gasteiger partial charge in [-0.1, -0.05) is 12.1 Å². The minimum absolute atomic E-state index is 0.266. The Morgan fingerprint density at radius 1 is 0.618 bits per heavy atom. The Hall–Kier alpha value is -1.66. The van der Waals surface area contributed by atoms with Crippen molar-refractivity contribution in [3.05, 3.63) is 48.5 Å². The van der Waals surface area contributed by atoms with Crippen LogP contribution in [0.25, 0.3) is 0 Å². The second-order valence-electron chi connectivity index (χ2n) is 7.31. The summed E-state index contributed by atoms with van der Waals surface area (Å²) in [5, 5.41) is 0.870. The molecule has 0 aliphatic carbocycles. The van der Waals surface area contributed by atoms with Crippen LogP contribution in [0.3, 0.4) is 0 Å². The predicted molar refractivity (Wildman–Crippen MR) is 134 cm³/mol. The van der Waals surface area contributed by atoms with Crippen molar-refractivity contribution in [1.29, 1.82) is 0 Å². The average Bonchev–Trinajstić information content (AvgIpc) is 2.80. The number of ether oxygens (including phenoxy) is 2. The van der Waals surface area contributed by atoms with Gasteiger partial charge in [-0.15, -0.1) is 0 Å². The first-order chi connectivity index (χ1) is 16.2. The number of benzene rings is 2. The van der Waals surface area contributed by atoms with Crippen LogP contribution in [0.1, 0.15) is 41.5 Å². The molecule has 0 unspecified atom stereocenters. The fraction of sp³-hybridized carbons (Fsp3) is 0.500. The molecule has 34 heavy (non-hydrogen) atoms. The van der Waals surface area contributed by atoms with Gasteiger partial charge in [0.2, 0.25) is 0 Å². The average molecular weight is 514 g/mol. The molecule has 2 atom stereocenters. The predicted octanol–water partition coefficient (Wildman–Crippen LogP) is 5.70. The van der Waals surface area contributed by atoms with Crippen molar-refractivity contribution < 1.29 is 36.7 Å². The summed E-state index contributed by atoms with van der Waals surface area (Å²) in [5.41, 5.74) is 0. The monoisotopic (exact) mass is 514 g/mol. The molecule has 0 radical (unpaired) electrons. The van der Waals surface area contributed by atoms with E-state index >= 15 is 0 Å². The van der Waals surface area contributed by atoms with E-state index in [-0.39, 0.29) is 38.6 Å². The normalized spacial score (nSPS) is 13.9. The lowest BCUT2D eigenvalue weighted by molar-refractivity contribution is 0.0780. The van der Waals surface area contributed by atoms with E-state index in [4.69, 9.17) is 27.6 Å². The molecule has 0 bridgehead atoms. The van der Waals surface area contributed by atoms with E-state index in [9.17, 15) is 9.13 Å². The summed E-state index contributed by atoms with van der Waals surface area (Å²) in [5.74, 6) is 1.04. The maximum atomic E-state index is 13.1. The van der Waals surface area contributed by atoms with E-state index in [1.54, 1.807) is 76.2 Å². The molecule has 8 nitrogen and oxygen atoms in total. The second-order valence-corrected chi connectivity index (χ2v) is 11.4. The fourth-order valence-corrected chi connectivity index (χ4v) is 6.34. The third-order valence-corrected chi connectivity index (χ3v) is 8.98. The molecular weight excluding hydrogens is 478 g/mol. The first kappa shape index (κ1) is 28.6. The third kappa shape index (κ3) is 7.67. The van der Waals surface area contributed by atoms with E-state index in [0.29, 0.717) is 22.1 Å². The van der Waals surface area contributed by atoms with Gasteiger partial charge in [0.1, 0.15) is 23.7 Å². The third-order valence-electron chi connectivity index (χ3n) is 4.77. The standard InChI is InChI=1S/C24H36O8P2/c1-7-27-33(25,28-8-2)23-15-11-13-21(17-23)31-19(5)20(6)32-22-14-12-16-24(18-22)34(26,29-9-3)30-10-4/h11-20H,7-10H2,1-6H3/t19-,20-/m0/s1. The Balaban J connectivity index is 2.14. The summed E-state index contributed by atoms with van der Waals surface area (Å²) in [6, 6.07) is 13.8. The zero-order chi connectivity index (χ0) is 25.2. The Kier molecular flexibility index (Phi) is 11.3. The fourth-order valence-electron chi connectivity index (χ4n) is 3.13. The van der Waals surface area contributed by atoms with Crippen LogP contribution in [0, 0.1) is 0 Å². The lowest BCUT2D eigenvalue weighted by Crippen LogP contribution is -2.31. The summed E-state index contributed by atoms with van der Waals surface area (Å²) in [7, 11) is -6.83. The van der Waals surface area contributed by atoms with Crippen molar-refractivity contribution in [2.24, 2.45) is 0 Å². The topological polar surface area (TPSA) is 89.5 Å². The van der Waals surface area contributed by atoms with Gasteiger partial charge in [0.05, 0.1) is 37.0 Å². The molecule has 0 aliphatic rings. The largest absolute Gasteiger partial charge is 0.487 e. The van der Waals surface area contributed by atoms with E-state index in [2.05, 4.69) is 0 Å². The van der Waals surface area contributed by atoms with Gasteiger partial charge in [0, 0.05) is 0 Å². The Morgan fingerprint density at radius 2 is 0.941 bits per heavy atom. The van der Waals surface area contributed by atoms with Crippen molar-refractivity contribution in [2.75, 3.05) is 26.4 Å². The summed E-state index contributed by atoms with van der Waals surface area (Å²) >= 11 is 0. The molecule has 0 N–H and O–H groups in total. The molecular formula is C24H36O8P2. The first-order valence-corrected chi connectivity index (χ1v) is 14.6. The molecule has 0 aliphatic heterocycles. The molecule has 0 heterocycles. The van der Waals surface area contributed by atoms with Gasteiger partial charge < -0.3 is 27.6 Å². The number of rotatable bonds is 15. The van der Waals surface area contributed by atoms with Gasteiger partial charge in [-0.05, 0) is 77.9 Å². The molecule has 2 aromatic rings. The molecule has 190 valence electrons. The maximum absolute atomic E-state index is 13.1. The highest BCUT2D eigenvalue weighted by Gasteiger charge is 2.29. The van der Waals surface area contributed by atoms with Crippen LogP contribution in [0.15, 0.2) is 48.5 Å². The lowest BCUT2D eigenvalue weighted by atomic mass is 10.2. The van der Waals surface area contributed by atoms with Gasteiger partial charge in [0.15, 0.2) is 0 Å². The van der Waals surface area contributed by atoms with Crippen molar-refractivity contribution in [2.45, 2.75) is 53.8 Å². The van der Waals surface area contributed by atoms with E-state index in [1.165, 1.54) is 0 Å². The molecule has 2 aromatic carbocycles. The molecule has 10 heteroatoms. The Labute approximate surface area is 202 Å². The molecule has 0 saturated heterocycles. The zero-order valence-electron chi connectivity index (χ0n) is 20.8. The van der Waals surface area contributed by atoms with E-state index in [0.717, 1.165) is 0 Å². The van der Waals surface area contributed by atoms with Gasteiger partial charge in [-0.3, -0.25) is 9.13 Å². The highest BCUT2D eigenvalue weighted by atomic mass is 31.2. The van der Waals surface area contributed by atoms with Crippen molar-refractivity contribution >= 4 is 25.8 Å². The Morgan fingerprint density at radius 3 is 1.24 bits per heavy atom. The summed E-state index contributed by atoms with van der Waals surface area (Å²) < 4.78 is 59.9. The molecule has 0 aromatic heterocycles. The molecule has 0 amide bonds. The van der Waals surface area contributed by atoms with Crippen LogP contribution >= 0.6 is 15.2 Å². The highest BCUT2D eigenvalue weighted by Crippen LogP contribution is 2.48. The highest BCUT2D eigenvalue weighted by molar-refractivity contribution is 7.62. The van der Waals surface area contributed by atoms with Crippen LogP contribution in [0.4, 0.5) is 0 Å². The lowest BCUT2D eigenvalue weighted by Gasteiger charge is -2.24. The summed E-state index contributed by atoms with van der Waals surface area (Å²) in [6.45, 7) is 11.9. The van der Waals surface area contributed by atoms with Crippen molar-refractivity contribution in [3.63, 3.8) is 0 Å². The smallest absolute Gasteiger partial charge is 0.361 e. The van der Waals surface area contributed by atoms with Crippen LogP contribution < -0.4 is 20.1 Å².